The van der Waals surface area contributed by atoms with Crippen LogP contribution >= 0.6 is 0 Å². The van der Waals surface area contributed by atoms with Crippen LogP contribution in [0.15, 0.2) is 30.3 Å². The zero-order valence-electron chi connectivity index (χ0n) is 11.5. The van der Waals surface area contributed by atoms with E-state index < -0.39 is 0 Å². The maximum absolute atomic E-state index is 5.89. The molecular formula is C15H21N3O. The quantitative estimate of drug-likeness (QED) is 0.836. The Hall–Kier alpha value is -1.65. The monoisotopic (exact) mass is 259 g/mol. The molecule has 19 heavy (non-hydrogen) atoms. The molecule has 1 atom stereocenters. The number of nitrogens with one attached hydrogen (secondary N) is 1. The molecule has 2 aromatic rings. The Morgan fingerprint density at radius 3 is 2.95 bits per heavy atom. The van der Waals surface area contributed by atoms with Gasteiger partial charge in [0.2, 0.25) is 0 Å². The first-order valence-corrected chi connectivity index (χ1v) is 6.55. The average molecular weight is 259 g/mol. The fourth-order valence-electron chi connectivity index (χ4n) is 2.07. The summed E-state index contributed by atoms with van der Waals surface area (Å²) in [5, 5.41) is 4.52. The number of nitrogens with zero attached hydrogens (tertiary/aromatic N) is 1. The van der Waals surface area contributed by atoms with Crippen molar-refractivity contribution < 1.29 is 4.74 Å². The van der Waals surface area contributed by atoms with E-state index in [-0.39, 0.29) is 6.04 Å². The number of hydrogen-bond donors (Lipinski definition) is 2. The predicted octanol–water partition coefficient (Wildman–Crippen LogP) is 2.32. The Labute approximate surface area is 114 Å². The van der Waals surface area contributed by atoms with Crippen molar-refractivity contribution in [2.24, 2.45) is 5.73 Å². The lowest BCUT2D eigenvalue weighted by Gasteiger charge is -2.13. The summed E-state index contributed by atoms with van der Waals surface area (Å²) in [4.78, 5) is 4.63. The third kappa shape index (κ3) is 3.66. The number of ether oxygens (including phenoxy) is 1. The second kappa shape index (κ2) is 6.50. The number of methoxy groups -OCH3 is 1. The lowest BCUT2D eigenvalue weighted by atomic mass is 10.1. The Morgan fingerprint density at radius 1 is 1.37 bits per heavy atom. The number of fused-ring (bicyclic) bond motifs is 1. The second-order valence-corrected chi connectivity index (χ2v) is 4.78. The van der Waals surface area contributed by atoms with Gasteiger partial charge in [0.15, 0.2) is 0 Å². The highest BCUT2D eigenvalue weighted by Crippen LogP contribution is 2.19. The van der Waals surface area contributed by atoms with Crippen LogP contribution in [0, 0.1) is 6.92 Å². The smallest absolute Gasteiger partial charge is 0.129 e. The van der Waals surface area contributed by atoms with Gasteiger partial charge < -0.3 is 15.8 Å². The van der Waals surface area contributed by atoms with Crippen molar-refractivity contribution in [1.29, 1.82) is 0 Å². The van der Waals surface area contributed by atoms with E-state index >= 15 is 0 Å². The molecule has 0 saturated heterocycles. The van der Waals surface area contributed by atoms with E-state index in [1.54, 1.807) is 7.11 Å². The van der Waals surface area contributed by atoms with E-state index in [1.807, 2.05) is 18.2 Å². The van der Waals surface area contributed by atoms with Crippen molar-refractivity contribution in [3.63, 3.8) is 0 Å². The summed E-state index contributed by atoms with van der Waals surface area (Å²) in [6.07, 6.45) is 0.863. The van der Waals surface area contributed by atoms with E-state index in [2.05, 4.69) is 29.4 Å². The zero-order valence-corrected chi connectivity index (χ0v) is 11.5. The van der Waals surface area contributed by atoms with E-state index in [0.717, 1.165) is 29.9 Å². The maximum Gasteiger partial charge on any atom is 0.129 e. The molecule has 4 heteroatoms. The summed E-state index contributed by atoms with van der Waals surface area (Å²) in [6.45, 7) is 3.46. The molecule has 1 heterocycles. The highest BCUT2D eigenvalue weighted by atomic mass is 16.5. The Morgan fingerprint density at radius 2 is 2.16 bits per heavy atom. The molecule has 0 saturated carbocycles. The molecule has 0 aliphatic rings. The topological polar surface area (TPSA) is 60.2 Å². The average Bonchev–Trinajstić information content (AvgIpc) is 2.39. The third-order valence-corrected chi connectivity index (χ3v) is 3.10. The lowest BCUT2D eigenvalue weighted by molar-refractivity contribution is 0.178. The van der Waals surface area contributed by atoms with Crippen molar-refractivity contribution >= 4 is 16.7 Å². The van der Waals surface area contributed by atoms with Gasteiger partial charge in [-0.25, -0.2) is 4.98 Å². The number of benzene rings is 1. The SMILES string of the molecule is COCC(N)CCNc1nc2ccccc2cc1C. The highest BCUT2D eigenvalue weighted by Gasteiger charge is 2.05. The van der Waals surface area contributed by atoms with Crippen LogP contribution in [0.3, 0.4) is 0 Å². The van der Waals surface area contributed by atoms with Crippen LogP contribution in [0.4, 0.5) is 5.82 Å². The van der Waals surface area contributed by atoms with Crippen molar-refractivity contribution in [3.05, 3.63) is 35.9 Å². The first-order valence-electron chi connectivity index (χ1n) is 6.55. The molecule has 2 rings (SSSR count). The summed E-state index contributed by atoms with van der Waals surface area (Å²) in [5.41, 5.74) is 8.05. The Balaban J connectivity index is 2.02. The fraction of sp³-hybridized carbons (Fsp3) is 0.400. The molecule has 0 fully saturated rings. The first-order chi connectivity index (χ1) is 9.20. The number of aryl methyl sites for hydroxylation is 1. The van der Waals surface area contributed by atoms with Gasteiger partial charge in [-0.3, -0.25) is 0 Å². The van der Waals surface area contributed by atoms with Crippen molar-refractivity contribution in [3.8, 4) is 0 Å². The summed E-state index contributed by atoms with van der Waals surface area (Å²) in [7, 11) is 1.67. The van der Waals surface area contributed by atoms with Gasteiger partial charge in [-0.05, 0) is 31.0 Å². The van der Waals surface area contributed by atoms with Gasteiger partial charge in [0, 0.05) is 25.1 Å². The number of anilines is 1. The molecular weight excluding hydrogens is 238 g/mol. The molecule has 3 N–H and O–H groups in total. The van der Waals surface area contributed by atoms with E-state index in [1.165, 1.54) is 5.39 Å². The molecule has 0 bridgehead atoms. The van der Waals surface area contributed by atoms with E-state index in [0.29, 0.717) is 6.61 Å². The fourth-order valence-corrected chi connectivity index (χ4v) is 2.07. The van der Waals surface area contributed by atoms with E-state index in [4.69, 9.17) is 10.5 Å². The van der Waals surface area contributed by atoms with Gasteiger partial charge in [0.05, 0.1) is 12.1 Å². The summed E-state index contributed by atoms with van der Waals surface area (Å²) in [6, 6.07) is 10.4. The second-order valence-electron chi connectivity index (χ2n) is 4.78. The van der Waals surface area contributed by atoms with Crippen LogP contribution < -0.4 is 11.1 Å². The van der Waals surface area contributed by atoms with Crippen LogP contribution in [0.25, 0.3) is 10.9 Å². The number of hydrogen-bond acceptors (Lipinski definition) is 4. The standard InChI is InChI=1S/C15H21N3O/c1-11-9-12-5-3-4-6-14(12)18-15(11)17-8-7-13(16)10-19-2/h3-6,9,13H,7-8,10,16H2,1-2H3,(H,17,18). The molecule has 0 amide bonds. The first kappa shape index (κ1) is 13.8. The van der Waals surface area contributed by atoms with Gasteiger partial charge in [-0.2, -0.15) is 0 Å². The number of nitrogens with two attached hydrogens (primary N) is 1. The van der Waals surface area contributed by atoms with Crippen LogP contribution in [0.1, 0.15) is 12.0 Å². The minimum absolute atomic E-state index is 0.0678. The molecule has 1 aromatic carbocycles. The molecule has 1 unspecified atom stereocenters. The number of pyridine rings is 1. The number of rotatable bonds is 6. The molecule has 0 spiro atoms. The van der Waals surface area contributed by atoms with Crippen molar-refractivity contribution in [2.45, 2.75) is 19.4 Å². The largest absolute Gasteiger partial charge is 0.383 e. The van der Waals surface area contributed by atoms with Gasteiger partial charge >= 0.3 is 0 Å². The summed E-state index contributed by atoms with van der Waals surface area (Å²) in [5.74, 6) is 0.934. The van der Waals surface area contributed by atoms with Gasteiger partial charge in [-0.15, -0.1) is 0 Å². The lowest BCUT2D eigenvalue weighted by Crippen LogP contribution is -2.28. The molecule has 0 radical (unpaired) electrons. The molecule has 4 nitrogen and oxygen atoms in total. The summed E-state index contributed by atoms with van der Waals surface area (Å²) >= 11 is 0. The van der Waals surface area contributed by atoms with Crippen molar-refractivity contribution in [1.82, 2.24) is 4.98 Å². The molecule has 1 aromatic heterocycles. The number of aromatic nitrogens is 1. The Bertz CT molecular complexity index is 542. The van der Waals surface area contributed by atoms with Crippen LogP contribution in [0.2, 0.25) is 0 Å². The molecule has 0 aliphatic heterocycles. The maximum atomic E-state index is 5.89. The van der Waals surface area contributed by atoms with Crippen LogP contribution in [-0.2, 0) is 4.74 Å². The minimum Gasteiger partial charge on any atom is -0.383 e. The van der Waals surface area contributed by atoms with Crippen molar-refractivity contribution in [2.75, 3.05) is 25.6 Å². The summed E-state index contributed by atoms with van der Waals surface area (Å²) < 4.78 is 5.02. The zero-order chi connectivity index (χ0) is 13.7. The minimum atomic E-state index is 0.0678. The predicted molar refractivity (Wildman–Crippen MR) is 79.4 cm³/mol. The van der Waals surface area contributed by atoms with Crippen LogP contribution in [0.5, 0.6) is 0 Å². The van der Waals surface area contributed by atoms with Crippen LogP contribution in [-0.4, -0.2) is 31.3 Å². The van der Waals surface area contributed by atoms with Gasteiger partial charge in [0.25, 0.3) is 0 Å². The van der Waals surface area contributed by atoms with Gasteiger partial charge in [-0.1, -0.05) is 18.2 Å². The normalized spacial score (nSPS) is 12.6. The number of para-hydroxylation sites is 1. The molecule has 0 aliphatic carbocycles. The Kier molecular flexibility index (Phi) is 4.71. The van der Waals surface area contributed by atoms with Gasteiger partial charge in [0.1, 0.15) is 5.82 Å². The molecule has 102 valence electrons. The third-order valence-electron chi connectivity index (χ3n) is 3.10. The van der Waals surface area contributed by atoms with E-state index in [9.17, 15) is 0 Å². The highest BCUT2D eigenvalue weighted by molar-refractivity contribution is 5.81.